The normalized spacial score (nSPS) is 16.8. The molecule has 0 amide bonds. The number of fused-ring (bicyclic) bond motifs is 1. The molecule has 0 saturated carbocycles. The summed E-state index contributed by atoms with van der Waals surface area (Å²) in [5.74, 6) is -0.447. The summed E-state index contributed by atoms with van der Waals surface area (Å²) >= 11 is 0. The third-order valence-electron chi connectivity index (χ3n) is 4.82. The predicted molar refractivity (Wildman–Crippen MR) is 97.3 cm³/mol. The van der Waals surface area contributed by atoms with E-state index < -0.39 is 5.92 Å². The van der Waals surface area contributed by atoms with Crippen molar-refractivity contribution in [3.05, 3.63) is 65.2 Å². The molecule has 0 spiro atoms. The highest BCUT2D eigenvalue weighted by atomic mass is 16.5. The highest BCUT2D eigenvalue weighted by Crippen LogP contribution is 2.39. The molecule has 0 fully saturated rings. The number of anilines is 1. The second-order valence-electron chi connectivity index (χ2n) is 6.52. The first-order chi connectivity index (χ1) is 12.1. The van der Waals surface area contributed by atoms with Crippen molar-refractivity contribution < 1.29 is 9.53 Å². The Morgan fingerprint density at radius 3 is 2.76 bits per heavy atom. The number of carbonyl (C=O) groups is 1. The van der Waals surface area contributed by atoms with Crippen molar-refractivity contribution in [3.63, 3.8) is 0 Å². The van der Waals surface area contributed by atoms with Gasteiger partial charge in [-0.25, -0.2) is 0 Å². The van der Waals surface area contributed by atoms with Gasteiger partial charge in [0, 0.05) is 24.7 Å². The van der Waals surface area contributed by atoms with Crippen LogP contribution >= 0.6 is 0 Å². The standard InChI is InChI=1S/C21H22N2O2/c1-15-13-23(14-16-6-4-3-5-7-16)20-12-17(8-9-18(15)20)19(10-11-22)21(24)25-2/h3-9,12,15,19H,10,13-14H2,1-2H3. The Morgan fingerprint density at radius 2 is 2.08 bits per heavy atom. The molecule has 0 bridgehead atoms. The van der Waals surface area contributed by atoms with Crippen molar-refractivity contribution in [2.24, 2.45) is 0 Å². The highest BCUT2D eigenvalue weighted by Gasteiger charge is 2.28. The molecule has 2 atom stereocenters. The van der Waals surface area contributed by atoms with Crippen LogP contribution in [0.25, 0.3) is 0 Å². The highest BCUT2D eigenvalue weighted by molar-refractivity contribution is 5.79. The minimum absolute atomic E-state index is 0.125. The van der Waals surface area contributed by atoms with Gasteiger partial charge in [-0.1, -0.05) is 49.4 Å². The largest absolute Gasteiger partial charge is 0.469 e. The zero-order valence-electron chi connectivity index (χ0n) is 14.6. The van der Waals surface area contributed by atoms with Gasteiger partial charge in [-0.3, -0.25) is 4.79 Å². The minimum Gasteiger partial charge on any atom is -0.469 e. The molecule has 0 aromatic heterocycles. The molecule has 0 saturated heterocycles. The lowest BCUT2D eigenvalue weighted by atomic mass is 9.93. The van der Waals surface area contributed by atoms with Crippen molar-refractivity contribution in [1.29, 1.82) is 5.26 Å². The number of methoxy groups -OCH3 is 1. The summed E-state index contributed by atoms with van der Waals surface area (Å²) in [4.78, 5) is 14.4. The number of esters is 1. The fourth-order valence-corrected chi connectivity index (χ4v) is 3.52. The van der Waals surface area contributed by atoms with Gasteiger partial charge >= 0.3 is 5.97 Å². The van der Waals surface area contributed by atoms with E-state index in [2.05, 4.69) is 42.2 Å². The molecule has 3 rings (SSSR count). The predicted octanol–water partition coefficient (Wildman–Crippen LogP) is 3.98. The van der Waals surface area contributed by atoms with Crippen LogP contribution in [0.1, 0.15) is 41.9 Å². The lowest BCUT2D eigenvalue weighted by molar-refractivity contribution is -0.142. The lowest BCUT2D eigenvalue weighted by Gasteiger charge is -2.21. The van der Waals surface area contributed by atoms with Crippen molar-refractivity contribution in [2.45, 2.75) is 31.7 Å². The van der Waals surface area contributed by atoms with Crippen LogP contribution in [0.2, 0.25) is 0 Å². The molecule has 2 aromatic rings. The minimum atomic E-state index is -0.533. The first-order valence-electron chi connectivity index (χ1n) is 8.51. The Kier molecular flexibility index (Phi) is 5.04. The summed E-state index contributed by atoms with van der Waals surface area (Å²) in [5, 5.41) is 9.06. The molecule has 1 heterocycles. The van der Waals surface area contributed by atoms with Gasteiger partial charge < -0.3 is 9.64 Å². The fourth-order valence-electron chi connectivity index (χ4n) is 3.52. The quantitative estimate of drug-likeness (QED) is 0.776. The maximum Gasteiger partial charge on any atom is 0.314 e. The summed E-state index contributed by atoms with van der Waals surface area (Å²) in [6.45, 7) is 4.01. The molecule has 128 valence electrons. The Morgan fingerprint density at radius 1 is 1.32 bits per heavy atom. The molecule has 2 aromatic carbocycles. The first-order valence-corrected chi connectivity index (χ1v) is 8.51. The van der Waals surface area contributed by atoms with Crippen LogP contribution in [0.3, 0.4) is 0 Å². The van der Waals surface area contributed by atoms with Gasteiger partial charge in [0.1, 0.15) is 0 Å². The molecule has 4 nitrogen and oxygen atoms in total. The second-order valence-corrected chi connectivity index (χ2v) is 6.52. The monoisotopic (exact) mass is 334 g/mol. The number of hydrogen-bond donors (Lipinski definition) is 0. The van der Waals surface area contributed by atoms with E-state index >= 15 is 0 Å². The number of hydrogen-bond acceptors (Lipinski definition) is 4. The van der Waals surface area contributed by atoms with Crippen molar-refractivity contribution in [1.82, 2.24) is 0 Å². The van der Waals surface area contributed by atoms with Crippen molar-refractivity contribution >= 4 is 11.7 Å². The van der Waals surface area contributed by atoms with Crippen molar-refractivity contribution in [2.75, 3.05) is 18.6 Å². The maximum absolute atomic E-state index is 12.1. The van der Waals surface area contributed by atoms with E-state index in [-0.39, 0.29) is 12.4 Å². The Balaban J connectivity index is 1.93. The van der Waals surface area contributed by atoms with Crippen LogP contribution in [-0.4, -0.2) is 19.6 Å². The summed E-state index contributed by atoms with van der Waals surface area (Å²) in [7, 11) is 1.36. The van der Waals surface area contributed by atoms with Gasteiger partial charge in [0.15, 0.2) is 0 Å². The molecule has 1 aliphatic heterocycles. The number of ether oxygens (including phenoxy) is 1. The van der Waals surface area contributed by atoms with Crippen LogP contribution in [0.15, 0.2) is 48.5 Å². The molecular weight excluding hydrogens is 312 g/mol. The van der Waals surface area contributed by atoms with Crippen LogP contribution in [-0.2, 0) is 16.1 Å². The molecule has 0 aliphatic carbocycles. The SMILES string of the molecule is COC(=O)C(CC#N)c1ccc2c(c1)N(Cc1ccccc1)CC2C. The van der Waals surface area contributed by atoms with Gasteiger partial charge in [-0.05, 0) is 22.8 Å². The van der Waals surface area contributed by atoms with Crippen LogP contribution in [0.4, 0.5) is 5.69 Å². The molecular formula is C21H22N2O2. The molecule has 1 aliphatic rings. The Hall–Kier alpha value is -2.80. The lowest BCUT2D eigenvalue weighted by Crippen LogP contribution is -2.21. The molecule has 4 heteroatoms. The average Bonchev–Trinajstić information content (AvgIpc) is 2.95. The number of rotatable bonds is 5. The molecule has 0 radical (unpaired) electrons. The molecule has 2 unspecified atom stereocenters. The van der Waals surface area contributed by atoms with Gasteiger partial charge in [0.25, 0.3) is 0 Å². The third-order valence-corrected chi connectivity index (χ3v) is 4.82. The van der Waals surface area contributed by atoms with Gasteiger partial charge in [0.05, 0.1) is 25.5 Å². The maximum atomic E-state index is 12.1. The number of carbonyl (C=O) groups excluding carboxylic acids is 1. The smallest absolute Gasteiger partial charge is 0.314 e. The van der Waals surface area contributed by atoms with E-state index in [0.717, 1.165) is 24.3 Å². The van der Waals surface area contributed by atoms with E-state index in [9.17, 15) is 4.79 Å². The van der Waals surface area contributed by atoms with Gasteiger partial charge in [0.2, 0.25) is 0 Å². The number of benzene rings is 2. The summed E-state index contributed by atoms with van der Waals surface area (Å²) in [6.07, 6.45) is 0.125. The average molecular weight is 334 g/mol. The van der Waals surface area contributed by atoms with E-state index in [1.165, 1.54) is 18.2 Å². The summed E-state index contributed by atoms with van der Waals surface area (Å²) < 4.78 is 4.88. The fraction of sp³-hybridized carbons (Fsp3) is 0.333. The summed E-state index contributed by atoms with van der Waals surface area (Å²) in [5.41, 5.74) is 4.55. The van der Waals surface area contributed by atoms with E-state index in [1.807, 2.05) is 24.3 Å². The van der Waals surface area contributed by atoms with Gasteiger partial charge in [-0.15, -0.1) is 0 Å². The topological polar surface area (TPSA) is 53.3 Å². The zero-order valence-corrected chi connectivity index (χ0v) is 14.6. The Bertz CT molecular complexity index is 795. The van der Waals surface area contributed by atoms with Crippen LogP contribution in [0, 0.1) is 11.3 Å². The number of nitrogens with zero attached hydrogens (tertiary/aromatic N) is 2. The van der Waals surface area contributed by atoms with Gasteiger partial charge in [-0.2, -0.15) is 5.26 Å². The van der Waals surface area contributed by atoms with E-state index in [0.29, 0.717) is 5.92 Å². The molecule has 25 heavy (non-hydrogen) atoms. The van der Waals surface area contributed by atoms with Crippen molar-refractivity contribution in [3.8, 4) is 6.07 Å². The first kappa shape index (κ1) is 17.0. The van der Waals surface area contributed by atoms with E-state index in [1.54, 1.807) is 0 Å². The number of nitriles is 1. The molecule has 0 N–H and O–H groups in total. The zero-order chi connectivity index (χ0) is 17.8. The van der Waals surface area contributed by atoms with Crippen LogP contribution in [0.5, 0.6) is 0 Å². The van der Waals surface area contributed by atoms with E-state index in [4.69, 9.17) is 10.00 Å². The van der Waals surface area contributed by atoms with Crippen LogP contribution < -0.4 is 4.90 Å². The third kappa shape index (κ3) is 3.51. The second kappa shape index (κ2) is 7.40. The Labute approximate surface area is 148 Å². The summed E-state index contributed by atoms with van der Waals surface area (Å²) in [6, 6.07) is 18.6.